The van der Waals surface area contributed by atoms with E-state index in [-0.39, 0.29) is 5.82 Å². The van der Waals surface area contributed by atoms with Gasteiger partial charge >= 0.3 is 0 Å². The quantitative estimate of drug-likeness (QED) is 0.691. The minimum absolute atomic E-state index is 0.217. The van der Waals surface area contributed by atoms with Crippen molar-refractivity contribution < 1.29 is 4.79 Å². The minimum Gasteiger partial charge on any atom is -0.382 e. The lowest BCUT2D eigenvalue weighted by molar-refractivity contribution is 0.100. The molecule has 1 aromatic heterocycles. The first-order chi connectivity index (χ1) is 9.59. The van der Waals surface area contributed by atoms with Crippen molar-refractivity contribution in [3.8, 4) is 0 Å². The minimum atomic E-state index is -0.525. The maximum Gasteiger partial charge on any atom is 0.255 e. The van der Waals surface area contributed by atoms with Gasteiger partial charge in [0.2, 0.25) is 0 Å². The molecule has 0 aliphatic carbocycles. The van der Waals surface area contributed by atoms with Crippen LogP contribution in [0.15, 0.2) is 0 Å². The number of nitrogens with zero attached hydrogens (tertiary/aromatic N) is 2. The number of nitrogen functional groups attached to an aromatic ring is 1. The van der Waals surface area contributed by atoms with E-state index in [0.717, 1.165) is 19.5 Å². The highest BCUT2D eigenvalue weighted by atomic mass is 32.1. The van der Waals surface area contributed by atoms with E-state index < -0.39 is 5.91 Å². The molecular formula is C13H23N5OS. The number of nitrogens with two attached hydrogens (primary N) is 2. The molecule has 0 radical (unpaired) electrons. The molecular weight excluding hydrogens is 274 g/mol. The summed E-state index contributed by atoms with van der Waals surface area (Å²) in [5.41, 5.74) is 11.3. The fraction of sp³-hybridized carbons (Fsp3) is 0.692. The average molecular weight is 297 g/mol. The van der Waals surface area contributed by atoms with Crippen molar-refractivity contribution in [1.82, 2.24) is 9.27 Å². The zero-order chi connectivity index (χ0) is 14.5. The molecule has 5 N–H and O–H groups in total. The van der Waals surface area contributed by atoms with Crippen LogP contribution in [-0.2, 0) is 0 Å². The summed E-state index contributed by atoms with van der Waals surface area (Å²) in [7, 11) is 0. The molecule has 20 heavy (non-hydrogen) atoms. The van der Waals surface area contributed by atoms with Crippen LogP contribution in [0.5, 0.6) is 0 Å². The highest BCUT2D eigenvalue weighted by Gasteiger charge is 2.18. The van der Waals surface area contributed by atoms with Crippen LogP contribution in [-0.4, -0.2) is 40.9 Å². The fourth-order valence-corrected chi connectivity index (χ4v) is 3.38. The van der Waals surface area contributed by atoms with Crippen molar-refractivity contribution in [3.05, 3.63) is 5.56 Å². The molecule has 0 saturated carbocycles. The number of likely N-dealkylation sites (tertiary alicyclic amines) is 1. The lowest BCUT2D eigenvalue weighted by Crippen LogP contribution is -2.38. The van der Waals surface area contributed by atoms with Crippen molar-refractivity contribution in [1.29, 1.82) is 0 Å². The van der Waals surface area contributed by atoms with Crippen LogP contribution >= 0.6 is 11.5 Å². The summed E-state index contributed by atoms with van der Waals surface area (Å²) in [6.45, 7) is 5.36. The molecule has 1 aliphatic rings. The number of hydrogen-bond donors (Lipinski definition) is 3. The van der Waals surface area contributed by atoms with Crippen LogP contribution in [0.25, 0.3) is 0 Å². The zero-order valence-corrected chi connectivity index (χ0v) is 12.7. The van der Waals surface area contributed by atoms with Crippen molar-refractivity contribution >= 4 is 28.3 Å². The lowest BCUT2D eigenvalue weighted by Gasteiger charge is -2.33. The summed E-state index contributed by atoms with van der Waals surface area (Å²) in [6.07, 6.45) is 4.97. The van der Waals surface area contributed by atoms with E-state index in [1.54, 1.807) is 0 Å². The largest absolute Gasteiger partial charge is 0.382 e. The lowest BCUT2D eigenvalue weighted by atomic mass is 10.0. The van der Waals surface area contributed by atoms with E-state index in [9.17, 15) is 4.79 Å². The number of amides is 1. The first-order valence-corrected chi connectivity index (χ1v) is 7.89. The molecule has 2 heterocycles. The fourth-order valence-electron chi connectivity index (χ4n) is 2.64. The Morgan fingerprint density at radius 2 is 2.35 bits per heavy atom. The van der Waals surface area contributed by atoms with Gasteiger partial charge in [0, 0.05) is 19.1 Å². The predicted octanol–water partition coefficient (Wildman–Crippen LogP) is 1.50. The van der Waals surface area contributed by atoms with Gasteiger partial charge in [0.1, 0.15) is 10.6 Å². The molecule has 1 aliphatic heterocycles. The van der Waals surface area contributed by atoms with Gasteiger partial charge in [-0.2, -0.15) is 4.37 Å². The monoisotopic (exact) mass is 297 g/mol. The third-order valence-corrected chi connectivity index (χ3v) is 4.63. The van der Waals surface area contributed by atoms with Crippen LogP contribution in [0.2, 0.25) is 0 Å². The van der Waals surface area contributed by atoms with Crippen LogP contribution in [0.1, 0.15) is 43.0 Å². The number of carbonyl (C=O) groups excluding carboxylic acids is 1. The molecule has 7 heteroatoms. The Bertz CT molecular complexity index is 462. The van der Waals surface area contributed by atoms with E-state index in [4.69, 9.17) is 11.5 Å². The summed E-state index contributed by atoms with van der Waals surface area (Å²) < 4.78 is 3.96. The number of nitrogens with one attached hydrogen (secondary N) is 1. The van der Waals surface area contributed by atoms with Gasteiger partial charge in [-0.25, -0.2) is 0 Å². The topological polar surface area (TPSA) is 97.3 Å². The summed E-state index contributed by atoms with van der Waals surface area (Å²) >= 11 is 1.19. The van der Waals surface area contributed by atoms with E-state index >= 15 is 0 Å². The van der Waals surface area contributed by atoms with Crippen molar-refractivity contribution in [2.24, 2.45) is 5.73 Å². The summed E-state index contributed by atoms with van der Waals surface area (Å²) in [6, 6.07) is 0.684. The van der Waals surface area contributed by atoms with Gasteiger partial charge in [-0.15, -0.1) is 0 Å². The number of anilines is 2. The smallest absolute Gasteiger partial charge is 0.255 e. The number of hydrogen-bond acceptors (Lipinski definition) is 6. The Balaban J connectivity index is 1.77. The Labute approximate surface area is 123 Å². The van der Waals surface area contributed by atoms with E-state index in [1.807, 2.05) is 0 Å². The highest BCUT2D eigenvalue weighted by molar-refractivity contribution is 7.11. The normalized spacial score (nSPS) is 19.9. The Morgan fingerprint density at radius 3 is 3.05 bits per heavy atom. The molecule has 1 aromatic rings. The first-order valence-electron chi connectivity index (χ1n) is 7.12. The second-order valence-electron chi connectivity index (χ2n) is 5.30. The third kappa shape index (κ3) is 3.61. The Kier molecular flexibility index (Phi) is 5.19. The second-order valence-corrected chi connectivity index (χ2v) is 6.07. The van der Waals surface area contributed by atoms with Crippen LogP contribution in [0, 0.1) is 0 Å². The van der Waals surface area contributed by atoms with Crippen molar-refractivity contribution in [2.45, 2.75) is 38.6 Å². The summed E-state index contributed by atoms with van der Waals surface area (Å²) in [4.78, 5) is 13.8. The summed E-state index contributed by atoms with van der Waals surface area (Å²) in [5.74, 6) is -0.307. The molecule has 0 bridgehead atoms. The zero-order valence-electron chi connectivity index (χ0n) is 11.9. The van der Waals surface area contributed by atoms with Crippen LogP contribution < -0.4 is 16.8 Å². The highest BCUT2D eigenvalue weighted by Crippen LogP contribution is 2.26. The van der Waals surface area contributed by atoms with Crippen molar-refractivity contribution in [2.75, 3.05) is 30.7 Å². The second kappa shape index (κ2) is 6.90. The first kappa shape index (κ1) is 15.1. The number of carbonyl (C=O) groups is 1. The van der Waals surface area contributed by atoms with Gasteiger partial charge in [0.05, 0.1) is 0 Å². The Hall–Kier alpha value is -1.34. The van der Waals surface area contributed by atoms with Gasteiger partial charge in [-0.1, -0.05) is 6.42 Å². The molecule has 0 aromatic carbocycles. The standard InChI is InChI=1S/C13H23N5OS/c1-9-5-2-3-7-18(9)8-4-6-16-13-10(12(15)19)11(14)17-20-13/h9,16H,2-8H2,1H3,(H2,14,17)(H2,15,19). The Morgan fingerprint density at radius 1 is 1.55 bits per heavy atom. The maximum absolute atomic E-state index is 11.3. The third-order valence-electron chi connectivity index (χ3n) is 3.81. The molecule has 0 spiro atoms. The molecule has 1 unspecified atom stereocenters. The average Bonchev–Trinajstić information content (AvgIpc) is 2.78. The SMILES string of the molecule is CC1CCCCN1CCCNc1snc(N)c1C(N)=O. The van der Waals surface area contributed by atoms with Crippen molar-refractivity contribution in [3.63, 3.8) is 0 Å². The molecule has 112 valence electrons. The van der Waals surface area contributed by atoms with E-state index in [2.05, 4.69) is 21.5 Å². The predicted molar refractivity (Wildman–Crippen MR) is 83.0 cm³/mol. The van der Waals surface area contributed by atoms with Gasteiger partial charge in [0.15, 0.2) is 5.82 Å². The molecule has 6 nitrogen and oxygen atoms in total. The van der Waals surface area contributed by atoms with Crippen LogP contribution in [0.3, 0.4) is 0 Å². The molecule has 1 amide bonds. The number of primary amides is 1. The number of aromatic nitrogens is 1. The van der Waals surface area contributed by atoms with E-state index in [0.29, 0.717) is 16.6 Å². The van der Waals surface area contributed by atoms with Crippen LogP contribution in [0.4, 0.5) is 10.8 Å². The molecule has 1 atom stereocenters. The number of piperidine rings is 1. The van der Waals surface area contributed by atoms with Gasteiger partial charge < -0.3 is 21.7 Å². The molecule has 2 rings (SSSR count). The molecule has 1 saturated heterocycles. The summed E-state index contributed by atoms with van der Waals surface area (Å²) in [5, 5.41) is 3.90. The van der Waals surface area contributed by atoms with Gasteiger partial charge in [-0.3, -0.25) is 4.79 Å². The number of rotatable bonds is 6. The van der Waals surface area contributed by atoms with Gasteiger partial charge in [-0.05, 0) is 44.3 Å². The van der Waals surface area contributed by atoms with E-state index in [1.165, 1.54) is 37.3 Å². The molecule has 1 fully saturated rings. The van der Waals surface area contributed by atoms with Gasteiger partial charge in [0.25, 0.3) is 5.91 Å². The maximum atomic E-state index is 11.3.